The molecule has 3 heteroatoms. The average molecular weight is 257 g/mol. The quantitative estimate of drug-likeness (QED) is 0.823. The fraction of sp³-hybridized carbons (Fsp3) is 0.250. The summed E-state index contributed by atoms with van der Waals surface area (Å²) in [6.07, 6.45) is 2.15. The second-order valence-corrected chi connectivity index (χ2v) is 4.41. The molecule has 2 aromatic carbocycles. The summed E-state index contributed by atoms with van der Waals surface area (Å²) in [5.74, 6) is 2.21. The Morgan fingerprint density at radius 1 is 1.00 bits per heavy atom. The summed E-state index contributed by atoms with van der Waals surface area (Å²) in [6, 6.07) is 13.3. The van der Waals surface area contributed by atoms with Gasteiger partial charge < -0.3 is 15.2 Å². The van der Waals surface area contributed by atoms with Crippen molar-refractivity contribution in [3.8, 4) is 17.2 Å². The minimum absolute atomic E-state index is 0.715. The molecule has 0 spiro atoms. The van der Waals surface area contributed by atoms with Crippen molar-refractivity contribution >= 4 is 5.69 Å². The van der Waals surface area contributed by atoms with Crippen LogP contribution in [0, 0.1) is 0 Å². The Balaban J connectivity index is 2.21. The van der Waals surface area contributed by atoms with E-state index in [1.165, 1.54) is 5.56 Å². The van der Waals surface area contributed by atoms with Crippen LogP contribution in [-0.2, 0) is 6.42 Å². The van der Waals surface area contributed by atoms with Gasteiger partial charge in [-0.2, -0.15) is 0 Å². The van der Waals surface area contributed by atoms with Crippen LogP contribution in [0.15, 0.2) is 42.5 Å². The predicted molar refractivity (Wildman–Crippen MR) is 77.9 cm³/mol. The summed E-state index contributed by atoms with van der Waals surface area (Å²) < 4.78 is 11.2. The van der Waals surface area contributed by atoms with Crippen LogP contribution in [0.5, 0.6) is 17.2 Å². The van der Waals surface area contributed by atoms with Crippen molar-refractivity contribution < 1.29 is 9.47 Å². The SMILES string of the molecule is CCCc1ccc(Oc2ccc(N)cc2)c(OC)c1. The number of hydrogen-bond donors (Lipinski definition) is 1. The van der Waals surface area contributed by atoms with Crippen molar-refractivity contribution in [1.29, 1.82) is 0 Å². The Morgan fingerprint density at radius 3 is 2.37 bits per heavy atom. The topological polar surface area (TPSA) is 44.5 Å². The highest BCUT2D eigenvalue weighted by molar-refractivity contribution is 5.47. The number of anilines is 1. The molecule has 0 bridgehead atoms. The van der Waals surface area contributed by atoms with Gasteiger partial charge in [0.2, 0.25) is 0 Å². The van der Waals surface area contributed by atoms with Gasteiger partial charge in [0.1, 0.15) is 5.75 Å². The first-order valence-electron chi connectivity index (χ1n) is 6.43. The minimum Gasteiger partial charge on any atom is -0.493 e. The largest absolute Gasteiger partial charge is 0.493 e. The first-order valence-corrected chi connectivity index (χ1v) is 6.43. The summed E-state index contributed by atoms with van der Waals surface area (Å²) in [5, 5.41) is 0. The van der Waals surface area contributed by atoms with E-state index in [1.807, 2.05) is 36.4 Å². The van der Waals surface area contributed by atoms with Crippen LogP contribution >= 0.6 is 0 Å². The first-order chi connectivity index (χ1) is 9.22. The molecule has 2 aromatic rings. The monoisotopic (exact) mass is 257 g/mol. The van der Waals surface area contributed by atoms with E-state index in [4.69, 9.17) is 15.2 Å². The third kappa shape index (κ3) is 3.41. The van der Waals surface area contributed by atoms with E-state index in [9.17, 15) is 0 Å². The third-order valence-electron chi connectivity index (χ3n) is 2.87. The van der Waals surface area contributed by atoms with Gasteiger partial charge in [-0.1, -0.05) is 19.4 Å². The molecule has 19 heavy (non-hydrogen) atoms. The van der Waals surface area contributed by atoms with Crippen LogP contribution in [0.4, 0.5) is 5.69 Å². The van der Waals surface area contributed by atoms with Crippen LogP contribution in [0.1, 0.15) is 18.9 Å². The molecule has 0 heterocycles. The highest BCUT2D eigenvalue weighted by Crippen LogP contribution is 2.32. The Kier molecular flexibility index (Phi) is 4.29. The fourth-order valence-electron chi connectivity index (χ4n) is 1.90. The fourth-order valence-corrected chi connectivity index (χ4v) is 1.90. The van der Waals surface area contributed by atoms with Gasteiger partial charge in [-0.05, 0) is 48.4 Å². The number of nitrogen functional groups attached to an aromatic ring is 1. The molecule has 0 aromatic heterocycles. The maximum absolute atomic E-state index is 5.81. The number of hydrogen-bond acceptors (Lipinski definition) is 3. The van der Waals surface area contributed by atoms with Gasteiger partial charge >= 0.3 is 0 Å². The molecule has 0 aliphatic heterocycles. The standard InChI is InChI=1S/C16H19NO2/c1-3-4-12-5-10-15(16(11-12)18-2)19-14-8-6-13(17)7-9-14/h5-11H,3-4,17H2,1-2H3. The molecule has 0 radical (unpaired) electrons. The maximum Gasteiger partial charge on any atom is 0.169 e. The van der Waals surface area contributed by atoms with Crippen LogP contribution in [0.25, 0.3) is 0 Å². The molecule has 0 unspecified atom stereocenters. The number of rotatable bonds is 5. The lowest BCUT2D eigenvalue weighted by atomic mass is 10.1. The molecular formula is C16H19NO2. The molecule has 0 aliphatic rings. The van der Waals surface area contributed by atoms with Gasteiger partial charge in [-0.3, -0.25) is 0 Å². The lowest BCUT2D eigenvalue weighted by Crippen LogP contribution is -1.93. The van der Waals surface area contributed by atoms with Crippen LogP contribution in [-0.4, -0.2) is 7.11 Å². The van der Waals surface area contributed by atoms with Gasteiger partial charge in [0.05, 0.1) is 7.11 Å². The molecule has 2 N–H and O–H groups in total. The molecule has 100 valence electrons. The molecule has 2 rings (SSSR count). The van der Waals surface area contributed by atoms with Crippen molar-refractivity contribution in [2.24, 2.45) is 0 Å². The summed E-state index contributed by atoms with van der Waals surface area (Å²) in [7, 11) is 1.65. The Morgan fingerprint density at radius 2 is 1.74 bits per heavy atom. The number of methoxy groups -OCH3 is 1. The summed E-state index contributed by atoms with van der Waals surface area (Å²) in [4.78, 5) is 0. The van der Waals surface area contributed by atoms with Gasteiger partial charge in [0, 0.05) is 5.69 Å². The molecule has 0 aliphatic carbocycles. The Hall–Kier alpha value is -2.16. The van der Waals surface area contributed by atoms with E-state index in [2.05, 4.69) is 13.0 Å². The van der Waals surface area contributed by atoms with Gasteiger partial charge in [0.15, 0.2) is 11.5 Å². The van der Waals surface area contributed by atoms with Crippen molar-refractivity contribution in [3.05, 3.63) is 48.0 Å². The number of aryl methyl sites for hydroxylation is 1. The summed E-state index contributed by atoms with van der Waals surface area (Å²) in [6.45, 7) is 2.16. The number of nitrogens with two attached hydrogens (primary N) is 1. The molecule has 0 saturated carbocycles. The van der Waals surface area contributed by atoms with E-state index >= 15 is 0 Å². The molecule has 0 saturated heterocycles. The third-order valence-corrected chi connectivity index (χ3v) is 2.87. The smallest absolute Gasteiger partial charge is 0.169 e. The maximum atomic E-state index is 5.81. The lowest BCUT2D eigenvalue weighted by molar-refractivity contribution is 0.378. The molecule has 0 amide bonds. The summed E-state index contributed by atoms with van der Waals surface area (Å²) >= 11 is 0. The van der Waals surface area contributed by atoms with E-state index in [1.54, 1.807) is 7.11 Å². The zero-order chi connectivity index (χ0) is 13.7. The summed E-state index contributed by atoms with van der Waals surface area (Å²) in [5.41, 5.74) is 7.62. The Bertz CT molecular complexity index is 535. The second-order valence-electron chi connectivity index (χ2n) is 4.41. The van der Waals surface area contributed by atoms with Crippen LogP contribution < -0.4 is 15.2 Å². The van der Waals surface area contributed by atoms with Crippen molar-refractivity contribution in [2.45, 2.75) is 19.8 Å². The van der Waals surface area contributed by atoms with Crippen molar-refractivity contribution in [2.75, 3.05) is 12.8 Å². The highest BCUT2D eigenvalue weighted by Gasteiger charge is 2.06. The van der Waals surface area contributed by atoms with Gasteiger partial charge in [0.25, 0.3) is 0 Å². The molecule has 3 nitrogen and oxygen atoms in total. The van der Waals surface area contributed by atoms with Crippen LogP contribution in [0.3, 0.4) is 0 Å². The van der Waals surface area contributed by atoms with E-state index in [-0.39, 0.29) is 0 Å². The van der Waals surface area contributed by atoms with Crippen LogP contribution in [0.2, 0.25) is 0 Å². The molecule has 0 atom stereocenters. The van der Waals surface area contributed by atoms with E-state index < -0.39 is 0 Å². The minimum atomic E-state index is 0.715. The molecule has 0 fully saturated rings. The molecular weight excluding hydrogens is 238 g/mol. The van der Waals surface area contributed by atoms with E-state index in [0.29, 0.717) is 5.75 Å². The lowest BCUT2D eigenvalue weighted by Gasteiger charge is -2.12. The second kappa shape index (κ2) is 6.14. The number of benzene rings is 2. The van der Waals surface area contributed by atoms with Crippen molar-refractivity contribution in [1.82, 2.24) is 0 Å². The zero-order valence-electron chi connectivity index (χ0n) is 11.3. The van der Waals surface area contributed by atoms with Gasteiger partial charge in [-0.25, -0.2) is 0 Å². The number of ether oxygens (including phenoxy) is 2. The zero-order valence-corrected chi connectivity index (χ0v) is 11.3. The predicted octanol–water partition coefficient (Wildman–Crippen LogP) is 4.02. The Labute approximate surface area is 114 Å². The van der Waals surface area contributed by atoms with E-state index in [0.717, 1.165) is 30.0 Å². The van der Waals surface area contributed by atoms with Gasteiger partial charge in [-0.15, -0.1) is 0 Å². The highest BCUT2D eigenvalue weighted by atomic mass is 16.5. The first kappa shape index (κ1) is 13.3. The normalized spacial score (nSPS) is 10.2. The van der Waals surface area contributed by atoms with Crippen molar-refractivity contribution in [3.63, 3.8) is 0 Å². The average Bonchev–Trinajstić information content (AvgIpc) is 2.43.